The van der Waals surface area contributed by atoms with Crippen LogP contribution in [0.25, 0.3) is 0 Å². The van der Waals surface area contributed by atoms with E-state index in [2.05, 4.69) is 23.7 Å². The lowest BCUT2D eigenvalue weighted by Crippen LogP contribution is -2.37. The number of carbonyl (C=O) groups is 1. The fourth-order valence-electron chi connectivity index (χ4n) is 1.96. The molecule has 0 bridgehead atoms. The van der Waals surface area contributed by atoms with Gasteiger partial charge >= 0.3 is 0 Å². The van der Waals surface area contributed by atoms with Crippen molar-refractivity contribution in [3.8, 4) is 11.8 Å². The molecule has 0 spiro atoms. The molecule has 0 aromatic heterocycles. The third-order valence-electron chi connectivity index (χ3n) is 3.02. The first-order chi connectivity index (χ1) is 10.1. The minimum atomic E-state index is -0.178. The maximum Gasteiger partial charge on any atom is 0.253 e. The summed E-state index contributed by atoms with van der Waals surface area (Å²) in [6.07, 6.45) is 0.934. The van der Waals surface area contributed by atoms with Crippen LogP contribution >= 0.6 is 0 Å². The quantitative estimate of drug-likeness (QED) is 0.806. The summed E-state index contributed by atoms with van der Waals surface area (Å²) in [5.41, 5.74) is 1.39. The highest BCUT2D eigenvalue weighted by Crippen LogP contribution is 2.09. The molecule has 1 amide bonds. The molecule has 1 aromatic rings. The van der Waals surface area contributed by atoms with Crippen LogP contribution in [0.4, 0.5) is 0 Å². The van der Waals surface area contributed by atoms with Crippen molar-refractivity contribution in [2.24, 2.45) is 0 Å². The summed E-state index contributed by atoms with van der Waals surface area (Å²) in [4.78, 5) is 16.5. The fourth-order valence-corrected chi connectivity index (χ4v) is 1.96. The molecule has 1 rings (SSSR count). The number of nitrogens with zero attached hydrogens (tertiary/aromatic N) is 2. The maximum absolute atomic E-state index is 12.6. The number of hydrogen-bond donors (Lipinski definition) is 1. The second kappa shape index (κ2) is 9.17. The molecule has 0 aliphatic rings. The third kappa shape index (κ3) is 5.99. The van der Waals surface area contributed by atoms with Crippen molar-refractivity contribution in [2.75, 3.05) is 40.3 Å². The van der Waals surface area contributed by atoms with Gasteiger partial charge in [-0.2, -0.15) is 0 Å². The summed E-state index contributed by atoms with van der Waals surface area (Å²) in [7, 11) is 4.00. The fraction of sp³-hybridized carbons (Fsp3) is 0.471. The second-order valence-electron chi connectivity index (χ2n) is 5.14. The molecule has 0 aliphatic carbocycles. The Kier molecular flexibility index (Phi) is 7.52. The smallest absolute Gasteiger partial charge is 0.253 e. The van der Waals surface area contributed by atoms with Crippen LogP contribution in [0.1, 0.15) is 29.3 Å². The van der Waals surface area contributed by atoms with E-state index in [1.54, 1.807) is 6.07 Å². The lowest BCUT2D eigenvalue weighted by atomic mass is 10.1. The summed E-state index contributed by atoms with van der Waals surface area (Å²) < 4.78 is 0. The van der Waals surface area contributed by atoms with Crippen molar-refractivity contribution in [1.29, 1.82) is 0 Å². The highest BCUT2D eigenvalue weighted by Gasteiger charge is 2.15. The largest absolute Gasteiger partial charge is 0.384 e. The van der Waals surface area contributed by atoms with Crippen molar-refractivity contribution >= 4 is 5.91 Å². The van der Waals surface area contributed by atoms with Crippen molar-refractivity contribution < 1.29 is 9.90 Å². The Morgan fingerprint density at radius 2 is 2.00 bits per heavy atom. The van der Waals surface area contributed by atoms with Crippen LogP contribution in [-0.4, -0.2) is 61.2 Å². The molecule has 0 saturated carbocycles. The SMILES string of the molecule is CCCN(CCN(C)C)C(=O)c1cccc(C#CCO)c1. The van der Waals surface area contributed by atoms with Gasteiger partial charge < -0.3 is 14.9 Å². The minimum Gasteiger partial charge on any atom is -0.384 e. The van der Waals surface area contributed by atoms with Gasteiger partial charge in [-0.15, -0.1) is 0 Å². The maximum atomic E-state index is 12.6. The molecule has 114 valence electrons. The summed E-state index contributed by atoms with van der Waals surface area (Å²) in [6.45, 7) is 4.20. The van der Waals surface area contributed by atoms with Crippen molar-refractivity contribution in [1.82, 2.24) is 9.80 Å². The number of aliphatic hydroxyl groups excluding tert-OH is 1. The van der Waals surface area contributed by atoms with E-state index in [-0.39, 0.29) is 12.5 Å². The standard InChI is InChI=1S/C17H24N2O2/c1-4-10-19(12-11-18(2)3)17(21)16-9-5-7-15(14-16)8-6-13-20/h5,7,9,14,20H,4,10-13H2,1-3H3. The Balaban J connectivity index is 2.87. The van der Waals surface area contributed by atoms with E-state index >= 15 is 0 Å². The highest BCUT2D eigenvalue weighted by atomic mass is 16.2. The summed E-state index contributed by atoms with van der Waals surface area (Å²) in [5.74, 6) is 5.46. The topological polar surface area (TPSA) is 43.8 Å². The first-order valence-corrected chi connectivity index (χ1v) is 7.22. The average Bonchev–Trinajstić information content (AvgIpc) is 2.48. The Hall–Kier alpha value is -1.83. The van der Waals surface area contributed by atoms with Crippen LogP contribution in [-0.2, 0) is 0 Å². The zero-order valence-electron chi connectivity index (χ0n) is 13.1. The molecular formula is C17H24N2O2. The van der Waals surface area contributed by atoms with E-state index in [9.17, 15) is 4.79 Å². The molecule has 0 saturated heterocycles. The minimum absolute atomic E-state index is 0.0337. The molecule has 0 heterocycles. The van der Waals surface area contributed by atoms with Gasteiger partial charge in [-0.05, 0) is 38.7 Å². The number of carbonyl (C=O) groups excluding carboxylic acids is 1. The first kappa shape index (κ1) is 17.2. The van der Waals surface area contributed by atoms with Gasteiger partial charge in [0.1, 0.15) is 6.61 Å². The molecule has 0 radical (unpaired) electrons. The van der Waals surface area contributed by atoms with Crippen molar-refractivity contribution in [2.45, 2.75) is 13.3 Å². The van der Waals surface area contributed by atoms with Gasteiger partial charge in [-0.25, -0.2) is 0 Å². The molecule has 0 atom stereocenters. The van der Waals surface area contributed by atoms with E-state index in [4.69, 9.17) is 5.11 Å². The molecule has 0 aliphatic heterocycles. The highest BCUT2D eigenvalue weighted by molar-refractivity contribution is 5.94. The van der Waals surface area contributed by atoms with Gasteiger partial charge in [0, 0.05) is 30.8 Å². The predicted molar refractivity (Wildman–Crippen MR) is 85.2 cm³/mol. The van der Waals surface area contributed by atoms with Crippen molar-refractivity contribution in [3.05, 3.63) is 35.4 Å². The van der Waals surface area contributed by atoms with Crippen LogP contribution in [0.2, 0.25) is 0 Å². The second-order valence-corrected chi connectivity index (χ2v) is 5.14. The lowest BCUT2D eigenvalue weighted by molar-refractivity contribution is 0.0745. The number of hydrogen-bond acceptors (Lipinski definition) is 3. The van der Waals surface area contributed by atoms with E-state index in [0.29, 0.717) is 12.1 Å². The predicted octanol–water partition coefficient (Wildman–Crippen LogP) is 1.44. The van der Waals surface area contributed by atoms with Crippen LogP contribution in [0.3, 0.4) is 0 Å². The van der Waals surface area contributed by atoms with Crippen molar-refractivity contribution in [3.63, 3.8) is 0 Å². The molecular weight excluding hydrogens is 264 g/mol. The average molecular weight is 288 g/mol. The monoisotopic (exact) mass is 288 g/mol. The molecule has 0 unspecified atom stereocenters. The third-order valence-corrected chi connectivity index (χ3v) is 3.02. The normalized spacial score (nSPS) is 10.1. The zero-order chi connectivity index (χ0) is 15.7. The number of likely N-dealkylation sites (N-methyl/N-ethyl adjacent to an activating group) is 1. The molecule has 21 heavy (non-hydrogen) atoms. The van der Waals surface area contributed by atoms with Crippen LogP contribution < -0.4 is 0 Å². The van der Waals surface area contributed by atoms with E-state index in [1.165, 1.54) is 0 Å². The summed E-state index contributed by atoms with van der Waals surface area (Å²) in [5, 5.41) is 8.73. The first-order valence-electron chi connectivity index (χ1n) is 7.22. The number of rotatable bonds is 6. The van der Waals surface area contributed by atoms with Gasteiger partial charge in [-0.1, -0.05) is 24.8 Å². The van der Waals surface area contributed by atoms with E-state index < -0.39 is 0 Å². The van der Waals surface area contributed by atoms with Gasteiger partial charge in [0.2, 0.25) is 0 Å². The van der Waals surface area contributed by atoms with Gasteiger partial charge in [-0.3, -0.25) is 4.79 Å². The van der Waals surface area contributed by atoms with E-state index in [1.807, 2.05) is 37.2 Å². The number of aliphatic hydroxyl groups is 1. The Bertz CT molecular complexity index is 515. The van der Waals surface area contributed by atoms with Gasteiger partial charge in [0.15, 0.2) is 0 Å². The molecule has 1 aromatic carbocycles. The molecule has 0 fully saturated rings. The Morgan fingerprint density at radius 1 is 1.24 bits per heavy atom. The molecule has 4 nitrogen and oxygen atoms in total. The van der Waals surface area contributed by atoms with E-state index in [0.717, 1.165) is 25.1 Å². The number of benzene rings is 1. The molecule has 4 heteroatoms. The zero-order valence-corrected chi connectivity index (χ0v) is 13.1. The van der Waals surface area contributed by atoms with Crippen LogP contribution in [0.15, 0.2) is 24.3 Å². The number of amides is 1. The molecule has 1 N–H and O–H groups in total. The summed E-state index contributed by atoms with van der Waals surface area (Å²) in [6, 6.07) is 7.25. The van der Waals surface area contributed by atoms with Gasteiger partial charge in [0.25, 0.3) is 5.91 Å². The lowest BCUT2D eigenvalue weighted by Gasteiger charge is -2.24. The van der Waals surface area contributed by atoms with Crippen LogP contribution in [0.5, 0.6) is 0 Å². The summed E-state index contributed by atoms with van der Waals surface area (Å²) >= 11 is 0. The van der Waals surface area contributed by atoms with Crippen LogP contribution in [0, 0.1) is 11.8 Å². The Morgan fingerprint density at radius 3 is 2.62 bits per heavy atom. The Labute approximate surface area is 127 Å². The van der Waals surface area contributed by atoms with Gasteiger partial charge in [0.05, 0.1) is 0 Å².